The molecule has 96 valence electrons. The smallest absolute Gasteiger partial charge is 0.104 e. The number of nitrogen functional groups attached to an aromatic ring is 1. The third kappa shape index (κ3) is 1.31. The van der Waals surface area contributed by atoms with Crippen LogP contribution in [-0.4, -0.2) is 36.0 Å². The normalized spacial score (nSPS) is 22.2. The summed E-state index contributed by atoms with van der Waals surface area (Å²) in [6.45, 7) is 7.39. The Morgan fingerprint density at radius 1 is 1.44 bits per heavy atom. The summed E-state index contributed by atoms with van der Waals surface area (Å²) >= 11 is 1.59. The molecule has 3 heterocycles. The Hall–Kier alpha value is -1.09. The molecular weight excluding hydrogens is 244 g/mol. The Morgan fingerprint density at radius 2 is 2.11 bits per heavy atom. The lowest BCUT2D eigenvalue weighted by Crippen LogP contribution is -2.66. The van der Waals surface area contributed by atoms with Crippen LogP contribution in [0.5, 0.6) is 0 Å². The highest BCUT2D eigenvalue weighted by Crippen LogP contribution is 2.51. The molecule has 0 atom stereocenters. The number of nitriles is 1. The van der Waals surface area contributed by atoms with E-state index in [1.54, 1.807) is 11.3 Å². The number of likely N-dealkylation sites (N-methyl/N-ethyl adjacent to an activating group) is 1. The maximum absolute atomic E-state index is 9.33. The summed E-state index contributed by atoms with van der Waals surface area (Å²) in [6.07, 6.45) is 0. The van der Waals surface area contributed by atoms with Gasteiger partial charge in [-0.05, 0) is 20.9 Å². The molecule has 5 heteroatoms. The minimum Gasteiger partial charge on any atom is -0.389 e. The van der Waals surface area contributed by atoms with Crippen molar-refractivity contribution >= 4 is 16.3 Å². The molecule has 0 unspecified atom stereocenters. The lowest BCUT2D eigenvalue weighted by molar-refractivity contribution is -0.0536. The Bertz CT molecular complexity index is 534. The van der Waals surface area contributed by atoms with E-state index in [4.69, 9.17) is 5.73 Å². The number of thiophene rings is 1. The van der Waals surface area contributed by atoms with Gasteiger partial charge in [-0.15, -0.1) is 11.3 Å². The minimum absolute atomic E-state index is 0.0405. The molecule has 0 amide bonds. The molecule has 1 saturated heterocycles. The standard InChI is InChI=1S/C13H18N4S/c1-8(2)17-6-13(7-17)11-9(4-14)12(15)18-10(11)5-16(13)3/h8H,5-7,15H2,1-3H3. The second-order valence-corrected chi connectivity index (χ2v) is 6.77. The molecular formula is C13H18N4S. The van der Waals surface area contributed by atoms with Gasteiger partial charge in [-0.1, -0.05) is 0 Å². The van der Waals surface area contributed by atoms with E-state index >= 15 is 0 Å². The zero-order valence-corrected chi connectivity index (χ0v) is 11.8. The van der Waals surface area contributed by atoms with Gasteiger partial charge in [0.15, 0.2) is 0 Å². The lowest BCUT2D eigenvalue weighted by atomic mass is 9.81. The number of fused-ring (bicyclic) bond motifs is 2. The highest BCUT2D eigenvalue weighted by Gasteiger charge is 2.54. The molecule has 1 spiro atoms. The highest BCUT2D eigenvalue weighted by molar-refractivity contribution is 7.16. The lowest BCUT2D eigenvalue weighted by Gasteiger charge is -2.54. The minimum atomic E-state index is 0.0405. The van der Waals surface area contributed by atoms with E-state index in [0.717, 1.165) is 25.2 Å². The number of anilines is 1. The summed E-state index contributed by atoms with van der Waals surface area (Å²) in [6, 6.07) is 2.87. The van der Waals surface area contributed by atoms with E-state index in [-0.39, 0.29) is 5.54 Å². The van der Waals surface area contributed by atoms with E-state index in [1.165, 1.54) is 10.4 Å². The van der Waals surface area contributed by atoms with Crippen LogP contribution in [0.1, 0.15) is 29.9 Å². The first-order valence-electron chi connectivity index (χ1n) is 6.26. The van der Waals surface area contributed by atoms with Gasteiger partial charge in [-0.2, -0.15) is 5.26 Å². The van der Waals surface area contributed by atoms with Crippen molar-refractivity contribution in [2.75, 3.05) is 25.9 Å². The van der Waals surface area contributed by atoms with E-state index in [2.05, 4.69) is 36.8 Å². The van der Waals surface area contributed by atoms with Gasteiger partial charge in [0.2, 0.25) is 0 Å². The maximum atomic E-state index is 9.33. The number of hydrogen-bond donors (Lipinski definition) is 1. The second-order valence-electron chi connectivity index (χ2n) is 5.64. The Labute approximate surface area is 112 Å². The summed E-state index contributed by atoms with van der Waals surface area (Å²) in [7, 11) is 2.15. The molecule has 0 aliphatic carbocycles. The van der Waals surface area contributed by atoms with Crippen molar-refractivity contribution in [3.8, 4) is 6.07 Å². The third-order valence-electron chi connectivity index (χ3n) is 4.36. The Balaban J connectivity index is 2.03. The summed E-state index contributed by atoms with van der Waals surface area (Å²) in [4.78, 5) is 6.11. The Kier molecular flexibility index (Phi) is 2.46. The molecule has 2 N–H and O–H groups in total. The first-order chi connectivity index (χ1) is 8.49. The number of likely N-dealkylation sites (tertiary alicyclic amines) is 1. The SMILES string of the molecule is CC(C)N1CC2(C1)c1c(sc(N)c1C#N)CN2C. The molecule has 18 heavy (non-hydrogen) atoms. The second kappa shape index (κ2) is 3.70. The van der Waals surface area contributed by atoms with Gasteiger partial charge in [-0.25, -0.2) is 0 Å². The molecule has 2 aliphatic rings. The van der Waals surface area contributed by atoms with Crippen molar-refractivity contribution in [3.05, 3.63) is 16.0 Å². The molecule has 1 aromatic rings. The summed E-state index contributed by atoms with van der Waals surface area (Å²) in [5.74, 6) is 0. The molecule has 3 rings (SSSR count). The van der Waals surface area contributed by atoms with Crippen LogP contribution in [0.15, 0.2) is 0 Å². The number of nitrogens with zero attached hydrogens (tertiary/aromatic N) is 3. The molecule has 0 radical (unpaired) electrons. The number of rotatable bonds is 1. The first-order valence-corrected chi connectivity index (χ1v) is 7.08. The molecule has 1 aromatic heterocycles. The van der Waals surface area contributed by atoms with Gasteiger partial charge in [0.25, 0.3) is 0 Å². The maximum Gasteiger partial charge on any atom is 0.104 e. The number of nitrogens with two attached hydrogens (primary N) is 1. The predicted octanol–water partition coefficient (Wildman–Crippen LogP) is 1.57. The summed E-state index contributed by atoms with van der Waals surface area (Å²) in [5, 5.41) is 10.0. The van der Waals surface area contributed by atoms with Crippen LogP contribution in [-0.2, 0) is 12.1 Å². The average molecular weight is 262 g/mol. The van der Waals surface area contributed by atoms with Gasteiger partial charge >= 0.3 is 0 Å². The van der Waals surface area contributed by atoms with Crippen LogP contribution in [0.3, 0.4) is 0 Å². The van der Waals surface area contributed by atoms with Crippen LogP contribution in [0.4, 0.5) is 5.00 Å². The van der Waals surface area contributed by atoms with Crippen LogP contribution in [0, 0.1) is 11.3 Å². The monoisotopic (exact) mass is 262 g/mol. The highest BCUT2D eigenvalue weighted by atomic mass is 32.1. The largest absolute Gasteiger partial charge is 0.389 e. The molecule has 0 saturated carbocycles. The van der Waals surface area contributed by atoms with Gasteiger partial charge in [0.1, 0.15) is 11.1 Å². The zero-order chi connectivity index (χ0) is 13.1. The van der Waals surface area contributed by atoms with Crippen LogP contribution < -0.4 is 5.73 Å². The average Bonchev–Trinajstić information content (AvgIpc) is 2.66. The molecule has 0 aromatic carbocycles. The zero-order valence-electron chi connectivity index (χ0n) is 11.0. The van der Waals surface area contributed by atoms with Crippen molar-refractivity contribution in [2.45, 2.75) is 32.0 Å². The Morgan fingerprint density at radius 3 is 2.67 bits per heavy atom. The van der Waals surface area contributed by atoms with Crippen LogP contribution in [0.2, 0.25) is 0 Å². The number of hydrogen-bond acceptors (Lipinski definition) is 5. The van der Waals surface area contributed by atoms with Gasteiger partial charge < -0.3 is 5.73 Å². The molecule has 0 bridgehead atoms. The van der Waals surface area contributed by atoms with Crippen molar-refractivity contribution in [2.24, 2.45) is 0 Å². The van der Waals surface area contributed by atoms with Gasteiger partial charge in [0, 0.05) is 36.1 Å². The molecule has 4 nitrogen and oxygen atoms in total. The topological polar surface area (TPSA) is 56.3 Å². The van der Waals surface area contributed by atoms with E-state index in [1.807, 2.05) is 0 Å². The van der Waals surface area contributed by atoms with Crippen molar-refractivity contribution in [1.82, 2.24) is 9.80 Å². The quantitative estimate of drug-likeness (QED) is 0.834. The van der Waals surface area contributed by atoms with Crippen molar-refractivity contribution in [1.29, 1.82) is 5.26 Å². The fourth-order valence-corrected chi connectivity index (χ4v) is 4.33. The van der Waals surface area contributed by atoms with Crippen molar-refractivity contribution < 1.29 is 0 Å². The third-order valence-corrected chi connectivity index (χ3v) is 5.36. The van der Waals surface area contributed by atoms with Crippen LogP contribution >= 0.6 is 11.3 Å². The fraction of sp³-hybridized carbons (Fsp3) is 0.615. The van der Waals surface area contributed by atoms with E-state index in [0.29, 0.717) is 11.0 Å². The van der Waals surface area contributed by atoms with E-state index < -0.39 is 0 Å². The summed E-state index contributed by atoms with van der Waals surface area (Å²) < 4.78 is 0. The van der Waals surface area contributed by atoms with Crippen LogP contribution in [0.25, 0.3) is 0 Å². The molecule has 2 aliphatic heterocycles. The van der Waals surface area contributed by atoms with Gasteiger partial charge in [-0.3, -0.25) is 9.80 Å². The van der Waals surface area contributed by atoms with Gasteiger partial charge in [0.05, 0.1) is 11.1 Å². The first kappa shape index (κ1) is 12.0. The molecule has 1 fully saturated rings. The predicted molar refractivity (Wildman–Crippen MR) is 73.3 cm³/mol. The van der Waals surface area contributed by atoms with E-state index in [9.17, 15) is 5.26 Å². The van der Waals surface area contributed by atoms with Crippen molar-refractivity contribution in [3.63, 3.8) is 0 Å². The summed E-state index contributed by atoms with van der Waals surface area (Å²) in [5.41, 5.74) is 7.95. The fourth-order valence-electron chi connectivity index (χ4n) is 3.16.